The molecule has 2 amide bonds. The highest BCUT2D eigenvalue weighted by Gasteiger charge is 2.48. The van der Waals surface area contributed by atoms with E-state index in [1.807, 2.05) is 0 Å². The van der Waals surface area contributed by atoms with Crippen LogP contribution >= 0.6 is 0 Å². The summed E-state index contributed by atoms with van der Waals surface area (Å²) in [7, 11) is -2.99. The molecule has 3 atom stereocenters. The lowest BCUT2D eigenvalue weighted by atomic mass is 10.1. The highest BCUT2D eigenvalue weighted by molar-refractivity contribution is 7.91. The first-order valence-electron chi connectivity index (χ1n) is 7.57. The molecule has 1 aliphatic carbocycles. The zero-order valence-electron chi connectivity index (χ0n) is 12.6. The van der Waals surface area contributed by atoms with Crippen LogP contribution in [0.2, 0.25) is 0 Å². The number of carbonyl (C=O) groups is 2. The second-order valence-corrected chi connectivity index (χ2v) is 8.76. The molecule has 6 nitrogen and oxygen atoms in total. The fourth-order valence-corrected chi connectivity index (χ4v) is 4.28. The SMILES string of the molecule is CC(C)CCNC(=O)C1CC1C(=O)NC1CCS(=O)(=O)C1. The van der Waals surface area contributed by atoms with Crippen LogP contribution in [-0.2, 0) is 19.4 Å². The molecule has 0 spiro atoms. The Kier molecular flexibility index (Phi) is 4.91. The van der Waals surface area contributed by atoms with Crippen LogP contribution in [0.5, 0.6) is 0 Å². The first-order chi connectivity index (χ1) is 9.78. The minimum absolute atomic E-state index is 0.0245. The van der Waals surface area contributed by atoms with Gasteiger partial charge in [0.2, 0.25) is 11.8 Å². The molecule has 120 valence electrons. The molecular formula is C14H24N2O4S. The lowest BCUT2D eigenvalue weighted by Gasteiger charge is -2.11. The van der Waals surface area contributed by atoms with Gasteiger partial charge in [-0.25, -0.2) is 8.42 Å². The summed E-state index contributed by atoms with van der Waals surface area (Å²) in [6, 6.07) is -0.284. The van der Waals surface area contributed by atoms with E-state index in [1.54, 1.807) is 0 Å². The Hall–Kier alpha value is -1.11. The molecule has 2 fully saturated rings. The Morgan fingerprint density at radius 2 is 1.86 bits per heavy atom. The number of nitrogens with one attached hydrogen (secondary N) is 2. The van der Waals surface area contributed by atoms with Crippen LogP contribution in [0.15, 0.2) is 0 Å². The highest BCUT2D eigenvalue weighted by atomic mass is 32.2. The smallest absolute Gasteiger partial charge is 0.224 e. The molecule has 0 aromatic rings. The van der Waals surface area contributed by atoms with Crippen molar-refractivity contribution in [1.82, 2.24) is 10.6 Å². The maximum Gasteiger partial charge on any atom is 0.224 e. The third kappa shape index (κ3) is 4.69. The van der Waals surface area contributed by atoms with Gasteiger partial charge in [-0.1, -0.05) is 13.8 Å². The Labute approximate surface area is 126 Å². The Balaban J connectivity index is 1.70. The lowest BCUT2D eigenvalue weighted by Crippen LogP contribution is -2.38. The first-order valence-corrected chi connectivity index (χ1v) is 9.39. The fraction of sp³-hybridized carbons (Fsp3) is 0.857. The van der Waals surface area contributed by atoms with E-state index in [2.05, 4.69) is 24.5 Å². The third-order valence-corrected chi connectivity index (χ3v) is 5.83. The number of carbonyl (C=O) groups excluding carboxylic acids is 2. The maximum absolute atomic E-state index is 12.0. The molecule has 2 N–H and O–H groups in total. The van der Waals surface area contributed by atoms with E-state index < -0.39 is 9.84 Å². The molecule has 3 unspecified atom stereocenters. The number of sulfone groups is 1. The van der Waals surface area contributed by atoms with Crippen molar-refractivity contribution in [2.24, 2.45) is 17.8 Å². The number of amides is 2. The van der Waals surface area contributed by atoms with Gasteiger partial charge in [0.1, 0.15) is 0 Å². The average Bonchev–Trinajstić information content (AvgIpc) is 3.09. The summed E-state index contributed by atoms with van der Waals surface area (Å²) in [5, 5.41) is 5.61. The van der Waals surface area contributed by atoms with E-state index in [0.29, 0.717) is 25.3 Å². The molecule has 2 rings (SSSR count). The van der Waals surface area contributed by atoms with Crippen LogP contribution in [-0.4, -0.2) is 44.3 Å². The molecule has 0 bridgehead atoms. The van der Waals surface area contributed by atoms with Crippen molar-refractivity contribution in [1.29, 1.82) is 0 Å². The van der Waals surface area contributed by atoms with Gasteiger partial charge in [-0.05, 0) is 25.2 Å². The Bertz CT molecular complexity index is 515. The Morgan fingerprint density at radius 1 is 1.19 bits per heavy atom. The zero-order valence-corrected chi connectivity index (χ0v) is 13.4. The molecule has 1 saturated heterocycles. The maximum atomic E-state index is 12.0. The van der Waals surface area contributed by atoms with Crippen LogP contribution in [0.3, 0.4) is 0 Å². The van der Waals surface area contributed by atoms with Gasteiger partial charge in [0, 0.05) is 12.6 Å². The lowest BCUT2D eigenvalue weighted by molar-refractivity contribution is -0.127. The van der Waals surface area contributed by atoms with Crippen LogP contribution in [0.4, 0.5) is 0 Å². The largest absolute Gasteiger partial charge is 0.356 e. The van der Waals surface area contributed by atoms with Crippen molar-refractivity contribution in [3.05, 3.63) is 0 Å². The molecule has 0 aromatic heterocycles. The quantitative estimate of drug-likeness (QED) is 0.726. The topological polar surface area (TPSA) is 92.3 Å². The van der Waals surface area contributed by atoms with E-state index >= 15 is 0 Å². The van der Waals surface area contributed by atoms with Gasteiger partial charge in [0.05, 0.1) is 23.3 Å². The summed E-state index contributed by atoms with van der Waals surface area (Å²) >= 11 is 0. The van der Waals surface area contributed by atoms with Crippen molar-refractivity contribution in [3.63, 3.8) is 0 Å². The molecule has 0 aromatic carbocycles. The molecule has 7 heteroatoms. The van der Waals surface area contributed by atoms with Crippen molar-refractivity contribution >= 4 is 21.7 Å². The first kappa shape index (κ1) is 16.3. The summed E-state index contributed by atoms with van der Waals surface area (Å²) in [4.78, 5) is 23.8. The van der Waals surface area contributed by atoms with Crippen LogP contribution in [0.25, 0.3) is 0 Å². The number of hydrogen-bond donors (Lipinski definition) is 2. The zero-order chi connectivity index (χ0) is 15.6. The molecule has 1 saturated carbocycles. The summed E-state index contributed by atoms with van der Waals surface area (Å²) in [6.45, 7) is 4.83. The number of hydrogen-bond acceptors (Lipinski definition) is 4. The summed E-state index contributed by atoms with van der Waals surface area (Å²) in [5.41, 5.74) is 0. The van der Waals surface area contributed by atoms with Gasteiger partial charge < -0.3 is 10.6 Å². The van der Waals surface area contributed by atoms with E-state index in [9.17, 15) is 18.0 Å². The van der Waals surface area contributed by atoms with Gasteiger partial charge >= 0.3 is 0 Å². The van der Waals surface area contributed by atoms with E-state index in [0.717, 1.165) is 6.42 Å². The molecular weight excluding hydrogens is 292 g/mol. The third-order valence-electron chi connectivity index (χ3n) is 4.06. The van der Waals surface area contributed by atoms with Crippen molar-refractivity contribution in [2.45, 2.75) is 39.2 Å². The minimum atomic E-state index is -2.99. The monoisotopic (exact) mass is 316 g/mol. The van der Waals surface area contributed by atoms with E-state index in [-0.39, 0.29) is 41.2 Å². The molecule has 21 heavy (non-hydrogen) atoms. The molecule has 1 heterocycles. The van der Waals surface area contributed by atoms with Crippen LogP contribution < -0.4 is 10.6 Å². The van der Waals surface area contributed by atoms with E-state index in [1.165, 1.54) is 0 Å². The summed E-state index contributed by atoms with van der Waals surface area (Å²) in [6.07, 6.45) is 1.97. The minimum Gasteiger partial charge on any atom is -0.356 e. The number of rotatable bonds is 6. The van der Waals surface area contributed by atoms with Gasteiger partial charge in [-0.15, -0.1) is 0 Å². The second-order valence-electron chi connectivity index (χ2n) is 6.53. The second kappa shape index (κ2) is 6.34. The summed E-state index contributed by atoms with van der Waals surface area (Å²) < 4.78 is 22.7. The average molecular weight is 316 g/mol. The van der Waals surface area contributed by atoms with Gasteiger partial charge in [-0.3, -0.25) is 9.59 Å². The predicted molar refractivity (Wildman–Crippen MR) is 79.3 cm³/mol. The van der Waals surface area contributed by atoms with Crippen molar-refractivity contribution in [3.8, 4) is 0 Å². The van der Waals surface area contributed by atoms with Crippen LogP contribution in [0.1, 0.15) is 33.1 Å². The van der Waals surface area contributed by atoms with Crippen LogP contribution in [0, 0.1) is 17.8 Å². The van der Waals surface area contributed by atoms with E-state index in [4.69, 9.17) is 0 Å². The van der Waals surface area contributed by atoms with Gasteiger partial charge in [-0.2, -0.15) is 0 Å². The highest BCUT2D eigenvalue weighted by Crippen LogP contribution is 2.39. The van der Waals surface area contributed by atoms with Gasteiger partial charge in [0.25, 0.3) is 0 Å². The Morgan fingerprint density at radius 3 is 2.43 bits per heavy atom. The molecule has 2 aliphatic rings. The van der Waals surface area contributed by atoms with Crippen molar-refractivity contribution < 1.29 is 18.0 Å². The fourth-order valence-electron chi connectivity index (χ4n) is 2.61. The van der Waals surface area contributed by atoms with Gasteiger partial charge in [0.15, 0.2) is 9.84 Å². The normalized spacial score (nSPS) is 30.1. The standard InChI is InChI=1S/C14H24N2O4S/c1-9(2)3-5-15-13(17)11-7-12(11)14(18)16-10-4-6-21(19,20)8-10/h9-12H,3-8H2,1-2H3,(H,15,17)(H,16,18). The molecule has 0 radical (unpaired) electrons. The molecule has 1 aliphatic heterocycles. The predicted octanol–water partition coefficient (Wildman–Crippen LogP) is 0.0881. The van der Waals surface area contributed by atoms with Crippen molar-refractivity contribution in [2.75, 3.05) is 18.1 Å². The summed E-state index contributed by atoms with van der Waals surface area (Å²) in [5.74, 6) is -0.0651.